The predicted molar refractivity (Wildman–Crippen MR) is 66.4 cm³/mol. The summed E-state index contributed by atoms with van der Waals surface area (Å²) in [5.41, 5.74) is -1.82. The maximum Gasteiger partial charge on any atom is 0.422 e. The Hall–Kier alpha value is -1.83. The van der Waals surface area contributed by atoms with E-state index >= 15 is 0 Å². The molecule has 5 nitrogen and oxygen atoms in total. The molecule has 0 saturated heterocycles. The van der Waals surface area contributed by atoms with Gasteiger partial charge in [-0.25, -0.2) is 0 Å². The number of fused-ring (bicyclic) bond motifs is 3. The van der Waals surface area contributed by atoms with Crippen LogP contribution in [0.3, 0.4) is 0 Å². The SMILES string of the molecule is C[C@@H]1Cc2nn(C)cc2-c2onc([C@](C)(O)C(F)(F)F)c21. The van der Waals surface area contributed by atoms with E-state index in [0.717, 1.165) is 5.69 Å². The smallest absolute Gasteiger partial charge is 0.375 e. The lowest BCUT2D eigenvalue weighted by Crippen LogP contribution is -2.40. The van der Waals surface area contributed by atoms with Gasteiger partial charge in [0, 0.05) is 18.8 Å². The molecular weight excluding hydrogens is 287 g/mol. The maximum absolute atomic E-state index is 13.0. The number of aryl methyl sites for hydroxylation is 1. The predicted octanol–water partition coefficient (Wildman–Crippen LogP) is 2.50. The molecule has 0 saturated carbocycles. The summed E-state index contributed by atoms with van der Waals surface area (Å²) in [6.45, 7) is 2.46. The van der Waals surface area contributed by atoms with Crippen molar-refractivity contribution in [3.05, 3.63) is 23.1 Å². The van der Waals surface area contributed by atoms with E-state index in [4.69, 9.17) is 4.52 Å². The standard InChI is InChI=1S/C13H14F3N3O2/c1-6-4-8-7(5-19(3)17-8)10-9(6)11(18-21-10)12(2,20)13(14,15)16/h5-6,20H,4H2,1-3H3/t6-,12+/m1/s1. The second-order valence-corrected chi connectivity index (χ2v) is 5.61. The minimum Gasteiger partial charge on any atom is -0.375 e. The maximum atomic E-state index is 13.0. The topological polar surface area (TPSA) is 64.1 Å². The fourth-order valence-corrected chi connectivity index (χ4v) is 2.70. The molecule has 0 bridgehead atoms. The third-order valence-corrected chi connectivity index (χ3v) is 3.88. The molecule has 1 aliphatic rings. The Bertz CT molecular complexity index is 700. The summed E-state index contributed by atoms with van der Waals surface area (Å²) < 4.78 is 45.8. The summed E-state index contributed by atoms with van der Waals surface area (Å²) in [6.07, 6.45) is -2.67. The minimum absolute atomic E-state index is 0.261. The molecule has 0 aliphatic heterocycles. The Morgan fingerprint density at radius 1 is 1.43 bits per heavy atom. The van der Waals surface area contributed by atoms with Crippen molar-refractivity contribution >= 4 is 0 Å². The van der Waals surface area contributed by atoms with Crippen LogP contribution in [0.15, 0.2) is 10.7 Å². The van der Waals surface area contributed by atoms with Gasteiger partial charge >= 0.3 is 6.18 Å². The van der Waals surface area contributed by atoms with Crippen molar-refractivity contribution in [2.24, 2.45) is 7.05 Å². The second-order valence-electron chi connectivity index (χ2n) is 5.61. The number of hydrogen-bond donors (Lipinski definition) is 1. The second kappa shape index (κ2) is 4.09. The van der Waals surface area contributed by atoms with E-state index in [0.29, 0.717) is 24.5 Å². The van der Waals surface area contributed by atoms with E-state index < -0.39 is 17.5 Å². The molecule has 0 spiro atoms. The van der Waals surface area contributed by atoms with Crippen LogP contribution in [0.25, 0.3) is 11.3 Å². The number of aromatic nitrogens is 3. The van der Waals surface area contributed by atoms with Crippen molar-refractivity contribution in [2.75, 3.05) is 0 Å². The van der Waals surface area contributed by atoms with E-state index in [1.54, 1.807) is 24.9 Å². The van der Waals surface area contributed by atoms with E-state index in [2.05, 4.69) is 10.3 Å². The molecule has 2 aromatic rings. The zero-order chi connectivity index (χ0) is 15.6. The molecule has 0 radical (unpaired) electrons. The summed E-state index contributed by atoms with van der Waals surface area (Å²) >= 11 is 0. The number of halogens is 3. The molecule has 8 heteroatoms. The molecule has 2 heterocycles. The normalized spacial score (nSPS) is 20.8. The average molecular weight is 301 g/mol. The van der Waals surface area contributed by atoms with Crippen molar-refractivity contribution in [3.8, 4) is 11.3 Å². The molecule has 0 unspecified atom stereocenters. The Morgan fingerprint density at radius 3 is 2.71 bits per heavy atom. The van der Waals surface area contributed by atoms with Gasteiger partial charge in [-0.1, -0.05) is 12.1 Å². The lowest BCUT2D eigenvalue weighted by Gasteiger charge is -2.27. The molecule has 0 amide bonds. The zero-order valence-corrected chi connectivity index (χ0v) is 11.7. The lowest BCUT2D eigenvalue weighted by atomic mass is 9.82. The fourth-order valence-electron chi connectivity index (χ4n) is 2.70. The number of alkyl halides is 3. The van der Waals surface area contributed by atoms with Gasteiger partial charge < -0.3 is 9.63 Å². The van der Waals surface area contributed by atoms with Crippen LogP contribution in [0.1, 0.15) is 36.7 Å². The molecule has 2 atom stereocenters. The van der Waals surface area contributed by atoms with Crippen molar-refractivity contribution in [3.63, 3.8) is 0 Å². The molecule has 1 N–H and O–H groups in total. The van der Waals surface area contributed by atoms with Crippen LogP contribution in [0.5, 0.6) is 0 Å². The number of nitrogens with zero attached hydrogens (tertiary/aromatic N) is 3. The van der Waals surface area contributed by atoms with Crippen molar-refractivity contribution in [2.45, 2.75) is 38.0 Å². The molecule has 3 rings (SSSR count). The Balaban J connectivity index is 2.20. The highest BCUT2D eigenvalue weighted by Gasteiger charge is 2.55. The van der Waals surface area contributed by atoms with Gasteiger partial charge in [0.25, 0.3) is 0 Å². The third-order valence-electron chi connectivity index (χ3n) is 3.88. The molecular formula is C13H14F3N3O2. The summed E-state index contributed by atoms with van der Waals surface area (Å²) in [6, 6.07) is 0. The molecule has 2 aromatic heterocycles. The number of aliphatic hydroxyl groups is 1. The van der Waals surface area contributed by atoms with Crippen LogP contribution in [-0.2, 0) is 19.1 Å². The van der Waals surface area contributed by atoms with Gasteiger partial charge in [0.2, 0.25) is 5.60 Å². The Kier molecular flexibility index (Phi) is 2.75. The van der Waals surface area contributed by atoms with Crippen LogP contribution in [0, 0.1) is 0 Å². The van der Waals surface area contributed by atoms with Crippen LogP contribution < -0.4 is 0 Å². The molecule has 0 aromatic carbocycles. The van der Waals surface area contributed by atoms with Gasteiger partial charge in [0.05, 0.1) is 11.3 Å². The highest BCUT2D eigenvalue weighted by atomic mass is 19.4. The molecule has 114 valence electrons. The van der Waals surface area contributed by atoms with Gasteiger partial charge in [-0.2, -0.15) is 18.3 Å². The first-order chi connectivity index (χ1) is 9.63. The van der Waals surface area contributed by atoms with Gasteiger partial charge in [-0.05, 0) is 19.3 Å². The van der Waals surface area contributed by atoms with Gasteiger partial charge in [0.1, 0.15) is 5.69 Å². The van der Waals surface area contributed by atoms with E-state index in [-0.39, 0.29) is 11.7 Å². The van der Waals surface area contributed by atoms with Crippen molar-refractivity contribution < 1.29 is 22.8 Å². The van der Waals surface area contributed by atoms with Crippen molar-refractivity contribution in [1.29, 1.82) is 0 Å². The van der Waals surface area contributed by atoms with Crippen LogP contribution in [-0.4, -0.2) is 26.2 Å². The van der Waals surface area contributed by atoms with Crippen LogP contribution in [0.2, 0.25) is 0 Å². The van der Waals surface area contributed by atoms with Gasteiger partial charge in [-0.3, -0.25) is 4.68 Å². The molecule has 1 aliphatic carbocycles. The number of hydrogen-bond acceptors (Lipinski definition) is 4. The Labute approximate surface area is 118 Å². The summed E-state index contributed by atoms with van der Waals surface area (Å²) in [4.78, 5) is 0. The first kappa shape index (κ1) is 14.1. The monoisotopic (exact) mass is 301 g/mol. The number of rotatable bonds is 1. The summed E-state index contributed by atoms with van der Waals surface area (Å²) in [5, 5.41) is 17.6. The van der Waals surface area contributed by atoms with E-state index in [1.807, 2.05) is 0 Å². The molecule has 21 heavy (non-hydrogen) atoms. The quantitative estimate of drug-likeness (QED) is 0.879. The van der Waals surface area contributed by atoms with Crippen LogP contribution >= 0.6 is 0 Å². The van der Waals surface area contributed by atoms with E-state index in [9.17, 15) is 18.3 Å². The van der Waals surface area contributed by atoms with Crippen molar-refractivity contribution in [1.82, 2.24) is 14.9 Å². The average Bonchev–Trinajstić information content (AvgIpc) is 2.90. The minimum atomic E-state index is -4.83. The highest BCUT2D eigenvalue weighted by molar-refractivity contribution is 5.68. The molecule has 0 fully saturated rings. The summed E-state index contributed by atoms with van der Waals surface area (Å²) in [7, 11) is 1.73. The first-order valence-corrected chi connectivity index (χ1v) is 6.45. The van der Waals surface area contributed by atoms with E-state index in [1.165, 1.54) is 0 Å². The lowest BCUT2D eigenvalue weighted by molar-refractivity contribution is -0.261. The van der Waals surface area contributed by atoms with Gasteiger partial charge in [-0.15, -0.1) is 0 Å². The highest BCUT2D eigenvalue weighted by Crippen LogP contribution is 2.47. The zero-order valence-electron chi connectivity index (χ0n) is 11.7. The largest absolute Gasteiger partial charge is 0.422 e. The third kappa shape index (κ3) is 1.89. The Morgan fingerprint density at radius 2 is 2.10 bits per heavy atom. The summed E-state index contributed by atoms with van der Waals surface area (Å²) in [5.74, 6) is -0.00569. The van der Waals surface area contributed by atoms with Crippen LogP contribution in [0.4, 0.5) is 13.2 Å². The fraction of sp³-hybridized carbons (Fsp3) is 0.538. The first-order valence-electron chi connectivity index (χ1n) is 6.45. The van der Waals surface area contributed by atoms with Gasteiger partial charge in [0.15, 0.2) is 5.76 Å².